The number of rotatable bonds is 7. The quantitative estimate of drug-likeness (QED) is 0.445. The van der Waals surface area contributed by atoms with E-state index in [2.05, 4.69) is 14.6 Å². The molecule has 0 aliphatic carbocycles. The summed E-state index contributed by atoms with van der Waals surface area (Å²) in [7, 11) is 0. The van der Waals surface area contributed by atoms with Crippen molar-refractivity contribution in [3.63, 3.8) is 0 Å². The lowest BCUT2D eigenvalue weighted by Gasteiger charge is -2.35. The maximum Gasteiger partial charge on any atom is 0.573 e. The van der Waals surface area contributed by atoms with Crippen molar-refractivity contribution in [1.29, 1.82) is 0 Å². The van der Waals surface area contributed by atoms with Gasteiger partial charge in [0.15, 0.2) is 0 Å². The molecule has 0 spiro atoms. The van der Waals surface area contributed by atoms with Crippen LogP contribution >= 0.6 is 0 Å². The summed E-state index contributed by atoms with van der Waals surface area (Å²) in [6, 6.07) is 13.1. The first-order valence-electron chi connectivity index (χ1n) is 12.8. The molecule has 0 bridgehead atoms. The molecule has 204 valence electrons. The van der Waals surface area contributed by atoms with Gasteiger partial charge in [0.1, 0.15) is 5.75 Å². The summed E-state index contributed by atoms with van der Waals surface area (Å²) in [5.74, 6) is -0.503. The van der Waals surface area contributed by atoms with Crippen LogP contribution in [0.1, 0.15) is 43.0 Å². The van der Waals surface area contributed by atoms with E-state index < -0.39 is 6.36 Å². The molecule has 1 saturated heterocycles. The number of carbonyl (C=O) groups excluding carboxylic acids is 2. The molecule has 3 aromatic rings. The number of fused-ring (bicyclic) bond motifs is 1. The predicted molar refractivity (Wildman–Crippen MR) is 138 cm³/mol. The van der Waals surface area contributed by atoms with Gasteiger partial charge in [-0.25, -0.2) is 0 Å². The van der Waals surface area contributed by atoms with E-state index in [0.29, 0.717) is 36.3 Å². The number of pyridine rings is 1. The number of halogens is 3. The molecule has 2 aliphatic rings. The Labute approximate surface area is 224 Å². The minimum absolute atomic E-state index is 0.0409. The highest BCUT2D eigenvalue weighted by Crippen LogP contribution is 2.30. The molecule has 2 amide bonds. The lowest BCUT2D eigenvalue weighted by molar-refractivity contribution is -0.274. The summed E-state index contributed by atoms with van der Waals surface area (Å²) in [5.41, 5.74) is 4.61. The zero-order valence-electron chi connectivity index (χ0n) is 21.6. The van der Waals surface area contributed by atoms with Crippen molar-refractivity contribution in [3.05, 3.63) is 94.3 Å². The van der Waals surface area contributed by atoms with Crippen LogP contribution in [0.2, 0.25) is 0 Å². The van der Waals surface area contributed by atoms with Crippen molar-refractivity contribution in [3.8, 4) is 5.75 Å². The van der Waals surface area contributed by atoms with Crippen LogP contribution in [-0.4, -0.2) is 70.6 Å². The van der Waals surface area contributed by atoms with Crippen LogP contribution in [0.3, 0.4) is 0 Å². The number of benzene rings is 2. The van der Waals surface area contributed by atoms with Crippen LogP contribution < -0.4 is 4.74 Å². The second-order valence-corrected chi connectivity index (χ2v) is 9.92. The van der Waals surface area contributed by atoms with Crippen LogP contribution in [0.4, 0.5) is 13.2 Å². The number of carbonyl (C=O) groups is 2. The molecule has 1 aromatic heterocycles. The molecule has 0 N–H and O–H groups in total. The number of hydrogen-bond donors (Lipinski definition) is 0. The minimum atomic E-state index is -4.76. The van der Waals surface area contributed by atoms with Gasteiger partial charge < -0.3 is 14.5 Å². The molecule has 0 saturated carbocycles. The van der Waals surface area contributed by atoms with Gasteiger partial charge in [-0.2, -0.15) is 0 Å². The smallest absolute Gasteiger partial charge is 0.406 e. The molecule has 0 unspecified atom stereocenters. The first kappa shape index (κ1) is 26.7. The molecule has 1 fully saturated rings. The number of piperazine rings is 1. The molecule has 7 nitrogen and oxygen atoms in total. The third-order valence-electron chi connectivity index (χ3n) is 7.18. The second-order valence-electron chi connectivity index (χ2n) is 9.92. The Morgan fingerprint density at radius 1 is 0.974 bits per heavy atom. The van der Waals surface area contributed by atoms with Crippen molar-refractivity contribution in [2.75, 3.05) is 32.7 Å². The maximum absolute atomic E-state index is 13.3. The third-order valence-corrected chi connectivity index (χ3v) is 7.18. The monoisotopic (exact) mass is 538 g/mol. The number of alkyl halides is 3. The van der Waals surface area contributed by atoms with Crippen molar-refractivity contribution < 1.29 is 27.5 Å². The average Bonchev–Trinajstić information content (AvgIpc) is 3.23. The second kappa shape index (κ2) is 11.1. The summed E-state index contributed by atoms with van der Waals surface area (Å²) in [6.07, 6.45) is -0.220. The Hall–Kier alpha value is -3.92. The number of hydrogen-bond acceptors (Lipinski definition) is 5. The van der Waals surface area contributed by atoms with E-state index >= 15 is 0 Å². The number of aromatic nitrogens is 1. The Bertz CT molecular complexity index is 1340. The SMILES string of the molecule is Cc1cc(C(=O)N2CCN(CCc3ccncc3)CC2)cc2c1C(=O)N(Cc1ccc(OC(F)(F)F)cc1)C2. The maximum atomic E-state index is 13.3. The van der Waals surface area contributed by atoms with Crippen molar-refractivity contribution in [1.82, 2.24) is 19.7 Å². The van der Waals surface area contributed by atoms with Gasteiger partial charge in [0.05, 0.1) is 0 Å². The van der Waals surface area contributed by atoms with Crippen molar-refractivity contribution in [2.24, 2.45) is 0 Å². The van der Waals surface area contributed by atoms with Crippen LogP contribution in [-0.2, 0) is 19.5 Å². The van der Waals surface area contributed by atoms with Crippen LogP contribution in [0.25, 0.3) is 0 Å². The minimum Gasteiger partial charge on any atom is -0.406 e. The fourth-order valence-electron chi connectivity index (χ4n) is 5.19. The lowest BCUT2D eigenvalue weighted by Crippen LogP contribution is -2.49. The summed E-state index contributed by atoms with van der Waals surface area (Å²) < 4.78 is 41.2. The molecule has 0 radical (unpaired) electrons. The fourth-order valence-corrected chi connectivity index (χ4v) is 5.19. The number of amides is 2. The number of aryl methyl sites for hydroxylation is 1. The van der Waals surface area contributed by atoms with Gasteiger partial charge in [-0.3, -0.25) is 19.5 Å². The largest absolute Gasteiger partial charge is 0.573 e. The Kier molecular flexibility index (Phi) is 7.56. The summed E-state index contributed by atoms with van der Waals surface area (Å²) in [6.45, 7) is 6.23. The van der Waals surface area contributed by atoms with Crippen molar-refractivity contribution >= 4 is 11.8 Å². The molecule has 10 heteroatoms. The topological polar surface area (TPSA) is 66.0 Å². The molecular formula is C29H29F3N4O3. The van der Waals surface area contributed by atoms with Crippen LogP contribution in [0.5, 0.6) is 5.75 Å². The third kappa shape index (κ3) is 6.39. The van der Waals surface area contributed by atoms with Gasteiger partial charge in [-0.1, -0.05) is 12.1 Å². The standard InChI is InChI=1S/C29H29F3N4O3/c1-20-16-23(27(37)35-14-12-34(13-15-35)11-8-21-6-9-33-10-7-21)17-24-19-36(28(38)26(20)24)18-22-2-4-25(5-3-22)39-29(30,31)32/h2-7,9-10,16-17H,8,11-15,18-19H2,1H3. The molecule has 2 aliphatic heterocycles. The van der Waals surface area contributed by atoms with E-state index in [9.17, 15) is 22.8 Å². The van der Waals surface area contributed by atoms with E-state index in [1.165, 1.54) is 29.8 Å². The zero-order valence-corrected chi connectivity index (χ0v) is 21.6. The Balaban J connectivity index is 1.19. The molecule has 5 rings (SSSR count). The first-order valence-corrected chi connectivity index (χ1v) is 12.8. The van der Waals surface area contributed by atoms with E-state index in [4.69, 9.17) is 0 Å². The lowest BCUT2D eigenvalue weighted by atomic mass is 9.99. The van der Waals surface area contributed by atoms with E-state index in [1.54, 1.807) is 29.4 Å². The summed E-state index contributed by atoms with van der Waals surface area (Å²) >= 11 is 0. The average molecular weight is 539 g/mol. The van der Waals surface area contributed by atoms with Gasteiger partial charge in [-0.15, -0.1) is 13.2 Å². The van der Waals surface area contributed by atoms with Crippen LogP contribution in [0, 0.1) is 6.92 Å². The molecule has 2 aromatic carbocycles. The zero-order chi connectivity index (χ0) is 27.6. The Morgan fingerprint density at radius 2 is 1.67 bits per heavy atom. The van der Waals surface area contributed by atoms with Gasteiger partial charge in [0.2, 0.25) is 0 Å². The van der Waals surface area contributed by atoms with Gasteiger partial charge in [0, 0.05) is 69.3 Å². The van der Waals surface area contributed by atoms with E-state index in [0.717, 1.165) is 37.2 Å². The molecule has 39 heavy (non-hydrogen) atoms. The Morgan fingerprint density at radius 3 is 2.33 bits per heavy atom. The van der Waals surface area contributed by atoms with Gasteiger partial charge >= 0.3 is 6.36 Å². The highest BCUT2D eigenvalue weighted by atomic mass is 19.4. The predicted octanol–water partition coefficient (Wildman–Crippen LogP) is 4.45. The fraction of sp³-hybridized carbons (Fsp3) is 0.345. The number of ether oxygens (including phenoxy) is 1. The number of nitrogens with zero attached hydrogens (tertiary/aromatic N) is 4. The summed E-state index contributed by atoms with van der Waals surface area (Å²) in [5, 5.41) is 0. The van der Waals surface area contributed by atoms with E-state index in [-0.39, 0.29) is 24.1 Å². The molecular weight excluding hydrogens is 509 g/mol. The molecule has 3 heterocycles. The molecule has 0 atom stereocenters. The van der Waals surface area contributed by atoms with Gasteiger partial charge in [0.25, 0.3) is 11.8 Å². The normalized spacial score (nSPS) is 15.9. The first-order chi connectivity index (χ1) is 18.7. The highest BCUT2D eigenvalue weighted by molar-refractivity contribution is 6.02. The van der Waals surface area contributed by atoms with E-state index in [1.807, 2.05) is 24.0 Å². The van der Waals surface area contributed by atoms with Crippen molar-refractivity contribution in [2.45, 2.75) is 32.8 Å². The van der Waals surface area contributed by atoms with Crippen LogP contribution in [0.15, 0.2) is 60.9 Å². The van der Waals surface area contributed by atoms with Gasteiger partial charge in [-0.05, 0) is 72.0 Å². The summed E-state index contributed by atoms with van der Waals surface area (Å²) in [4.78, 5) is 36.3. The highest BCUT2D eigenvalue weighted by Gasteiger charge is 2.32.